The van der Waals surface area contributed by atoms with Gasteiger partial charge in [0.15, 0.2) is 18.1 Å². The van der Waals surface area contributed by atoms with Crippen LogP contribution in [0.25, 0.3) is 6.08 Å². The van der Waals surface area contributed by atoms with Crippen LogP contribution in [0.3, 0.4) is 0 Å². The van der Waals surface area contributed by atoms with Crippen molar-refractivity contribution in [3.05, 3.63) is 59.4 Å². The number of carbonyl (C=O) groups excluding carboxylic acids is 2. The Balaban J connectivity index is 2.23. The van der Waals surface area contributed by atoms with Crippen molar-refractivity contribution in [3.63, 3.8) is 0 Å². The van der Waals surface area contributed by atoms with E-state index in [0.29, 0.717) is 23.7 Å². The van der Waals surface area contributed by atoms with E-state index in [1.54, 1.807) is 45.3 Å². The number of ether oxygens (including phenoxy) is 2. The zero-order chi connectivity index (χ0) is 22.1. The largest absolute Gasteiger partial charge is 0.490 e. The molecule has 2 amide bonds. The van der Waals surface area contributed by atoms with E-state index in [4.69, 9.17) is 9.47 Å². The molecule has 7 nitrogen and oxygen atoms in total. The first kappa shape index (κ1) is 22.4. The predicted octanol–water partition coefficient (Wildman–Crippen LogP) is 3.24. The van der Waals surface area contributed by atoms with Crippen LogP contribution in [0, 0.1) is 17.1 Å². The molecule has 0 bridgehead atoms. The van der Waals surface area contributed by atoms with Gasteiger partial charge < -0.3 is 19.7 Å². The zero-order valence-corrected chi connectivity index (χ0v) is 16.9. The Bertz CT molecular complexity index is 996. The van der Waals surface area contributed by atoms with E-state index in [1.807, 2.05) is 6.07 Å². The van der Waals surface area contributed by atoms with Gasteiger partial charge >= 0.3 is 0 Å². The Labute approximate surface area is 174 Å². The van der Waals surface area contributed by atoms with Gasteiger partial charge in [-0.05, 0) is 42.8 Å². The molecule has 0 saturated heterocycles. The first-order valence-corrected chi connectivity index (χ1v) is 9.13. The van der Waals surface area contributed by atoms with Gasteiger partial charge in [-0.3, -0.25) is 9.59 Å². The molecule has 0 radical (unpaired) electrons. The number of anilines is 1. The highest BCUT2D eigenvalue weighted by atomic mass is 19.1. The summed E-state index contributed by atoms with van der Waals surface area (Å²) in [5.41, 5.74) is 0.273. The van der Waals surface area contributed by atoms with E-state index in [9.17, 15) is 19.2 Å². The molecule has 1 N–H and O–H groups in total. The lowest BCUT2D eigenvalue weighted by atomic mass is 10.1. The van der Waals surface area contributed by atoms with E-state index < -0.39 is 11.7 Å². The maximum Gasteiger partial charge on any atom is 0.266 e. The van der Waals surface area contributed by atoms with Crippen molar-refractivity contribution in [2.24, 2.45) is 0 Å². The van der Waals surface area contributed by atoms with Crippen molar-refractivity contribution in [1.29, 1.82) is 5.26 Å². The number of nitrogens with one attached hydrogen (secondary N) is 1. The SMILES string of the molecule is CCOc1cc(/C=C(\C#N)C(=O)Nc2ccccc2F)ccc1OCC(=O)N(C)C. The molecule has 0 unspecified atom stereocenters. The number of amides is 2. The van der Waals surface area contributed by atoms with Gasteiger partial charge in [0, 0.05) is 14.1 Å². The summed E-state index contributed by atoms with van der Waals surface area (Å²) >= 11 is 0. The molecule has 0 heterocycles. The van der Waals surface area contributed by atoms with E-state index in [0.717, 1.165) is 0 Å². The molecular weight excluding hydrogens is 389 g/mol. The van der Waals surface area contributed by atoms with E-state index in [-0.39, 0.29) is 23.8 Å². The third-order valence-electron chi connectivity index (χ3n) is 3.92. The summed E-state index contributed by atoms with van der Waals surface area (Å²) in [6, 6.07) is 12.3. The van der Waals surface area contributed by atoms with Crippen molar-refractivity contribution in [2.75, 3.05) is 32.6 Å². The number of para-hydroxylation sites is 1. The summed E-state index contributed by atoms with van der Waals surface area (Å²) in [5.74, 6) is -0.825. The quantitative estimate of drug-likeness (QED) is 0.532. The Morgan fingerprint density at radius 2 is 1.90 bits per heavy atom. The van der Waals surface area contributed by atoms with Crippen LogP contribution < -0.4 is 14.8 Å². The van der Waals surface area contributed by atoms with Crippen LogP contribution >= 0.6 is 0 Å². The first-order valence-electron chi connectivity index (χ1n) is 9.13. The smallest absolute Gasteiger partial charge is 0.266 e. The Morgan fingerprint density at radius 1 is 1.17 bits per heavy atom. The second-order valence-corrected chi connectivity index (χ2v) is 6.32. The summed E-state index contributed by atoms with van der Waals surface area (Å²) in [5, 5.41) is 11.7. The first-order chi connectivity index (χ1) is 14.3. The van der Waals surface area contributed by atoms with Gasteiger partial charge in [-0.15, -0.1) is 0 Å². The zero-order valence-electron chi connectivity index (χ0n) is 16.9. The van der Waals surface area contributed by atoms with Crippen LogP contribution in [0.5, 0.6) is 11.5 Å². The van der Waals surface area contributed by atoms with Crippen LogP contribution in [-0.2, 0) is 9.59 Å². The summed E-state index contributed by atoms with van der Waals surface area (Å²) in [4.78, 5) is 25.5. The third-order valence-corrected chi connectivity index (χ3v) is 3.92. The van der Waals surface area contributed by atoms with Crippen molar-refractivity contribution in [3.8, 4) is 17.6 Å². The highest BCUT2D eigenvalue weighted by Crippen LogP contribution is 2.29. The number of hydrogen-bond donors (Lipinski definition) is 1. The van der Waals surface area contributed by atoms with Gasteiger partial charge in [0.2, 0.25) is 0 Å². The molecule has 2 aromatic rings. The molecule has 0 aromatic heterocycles. The predicted molar refractivity (Wildman–Crippen MR) is 110 cm³/mol. The molecule has 8 heteroatoms. The molecule has 0 aliphatic heterocycles. The summed E-state index contributed by atoms with van der Waals surface area (Å²) in [6.45, 7) is 1.99. The standard InChI is InChI=1S/C22H22FN3O4/c1-4-29-20-12-15(9-10-19(20)30-14-21(27)26(2)3)11-16(13-24)22(28)25-18-8-6-5-7-17(18)23/h5-12H,4,14H2,1-3H3,(H,25,28)/b16-11+. The van der Waals surface area contributed by atoms with Crippen LogP contribution in [0.2, 0.25) is 0 Å². The minimum atomic E-state index is -0.738. The highest BCUT2D eigenvalue weighted by Gasteiger charge is 2.14. The average Bonchev–Trinajstić information content (AvgIpc) is 2.72. The molecule has 0 atom stereocenters. The molecule has 2 rings (SSSR count). The monoisotopic (exact) mass is 411 g/mol. The molecule has 2 aromatic carbocycles. The van der Waals surface area contributed by atoms with Crippen LogP contribution in [-0.4, -0.2) is 44.0 Å². The molecule has 0 spiro atoms. The van der Waals surface area contributed by atoms with Gasteiger partial charge in [-0.1, -0.05) is 18.2 Å². The summed E-state index contributed by atoms with van der Waals surface area (Å²) in [6.07, 6.45) is 1.35. The number of nitriles is 1. The molecule has 156 valence electrons. The van der Waals surface area contributed by atoms with Crippen molar-refractivity contribution in [2.45, 2.75) is 6.92 Å². The third kappa shape index (κ3) is 6.07. The molecule has 0 fully saturated rings. The number of hydrogen-bond acceptors (Lipinski definition) is 5. The maximum atomic E-state index is 13.7. The van der Waals surface area contributed by atoms with Crippen LogP contribution in [0.1, 0.15) is 12.5 Å². The van der Waals surface area contributed by atoms with Crippen LogP contribution in [0.15, 0.2) is 48.0 Å². The number of benzene rings is 2. The minimum absolute atomic E-state index is 0.0204. The lowest BCUT2D eigenvalue weighted by Crippen LogP contribution is -2.27. The van der Waals surface area contributed by atoms with E-state index in [2.05, 4.69) is 5.32 Å². The number of likely N-dealkylation sites (N-methyl/N-ethyl adjacent to an activating group) is 1. The topological polar surface area (TPSA) is 91.7 Å². The van der Waals surface area contributed by atoms with Gasteiger partial charge in [0.05, 0.1) is 12.3 Å². The molecule has 30 heavy (non-hydrogen) atoms. The number of rotatable bonds is 8. The summed E-state index contributed by atoms with van der Waals surface area (Å²) in [7, 11) is 3.25. The number of nitrogens with zero attached hydrogens (tertiary/aromatic N) is 2. The van der Waals surface area contributed by atoms with Gasteiger partial charge in [-0.2, -0.15) is 5.26 Å². The van der Waals surface area contributed by atoms with E-state index in [1.165, 1.54) is 29.2 Å². The molecule has 0 saturated carbocycles. The fraction of sp³-hybridized carbons (Fsp3) is 0.227. The lowest BCUT2D eigenvalue weighted by Gasteiger charge is -2.14. The van der Waals surface area contributed by atoms with Crippen molar-refractivity contribution >= 4 is 23.6 Å². The van der Waals surface area contributed by atoms with Crippen molar-refractivity contribution in [1.82, 2.24) is 4.90 Å². The molecule has 0 aliphatic rings. The minimum Gasteiger partial charge on any atom is -0.490 e. The van der Waals surface area contributed by atoms with Crippen LogP contribution in [0.4, 0.5) is 10.1 Å². The fourth-order valence-corrected chi connectivity index (χ4v) is 2.34. The highest BCUT2D eigenvalue weighted by molar-refractivity contribution is 6.09. The second-order valence-electron chi connectivity index (χ2n) is 6.32. The average molecular weight is 411 g/mol. The van der Waals surface area contributed by atoms with Crippen molar-refractivity contribution < 1.29 is 23.5 Å². The fourth-order valence-electron chi connectivity index (χ4n) is 2.34. The molecule has 0 aliphatic carbocycles. The Hall–Kier alpha value is -3.86. The van der Waals surface area contributed by atoms with Gasteiger partial charge in [0.1, 0.15) is 17.5 Å². The Morgan fingerprint density at radius 3 is 2.53 bits per heavy atom. The lowest BCUT2D eigenvalue weighted by molar-refractivity contribution is -0.130. The summed E-state index contributed by atoms with van der Waals surface area (Å²) < 4.78 is 24.8. The van der Waals surface area contributed by atoms with E-state index >= 15 is 0 Å². The second kappa shape index (κ2) is 10.6. The normalized spacial score (nSPS) is 10.7. The van der Waals surface area contributed by atoms with Gasteiger partial charge in [0.25, 0.3) is 11.8 Å². The number of carbonyl (C=O) groups is 2. The Kier molecular flexibility index (Phi) is 7.94. The molecular formula is C22H22FN3O4. The maximum absolute atomic E-state index is 13.7. The van der Waals surface area contributed by atoms with Gasteiger partial charge in [-0.25, -0.2) is 4.39 Å². The number of halogens is 1.